The molecule has 8 heteroatoms. The van der Waals surface area contributed by atoms with Gasteiger partial charge in [-0.3, -0.25) is 14.4 Å². The fourth-order valence-electron chi connectivity index (χ4n) is 3.83. The van der Waals surface area contributed by atoms with Gasteiger partial charge in [0.05, 0.1) is 17.5 Å². The zero-order valence-electron chi connectivity index (χ0n) is 17.4. The first-order valence-electron chi connectivity index (χ1n) is 10.4. The van der Waals surface area contributed by atoms with Gasteiger partial charge in [-0.15, -0.1) is 0 Å². The maximum absolute atomic E-state index is 12.8. The summed E-state index contributed by atoms with van der Waals surface area (Å²) in [5.41, 5.74) is 2.87. The van der Waals surface area contributed by atoms with Gasteiger partial charge in [0.1, 0.15) is 12.4 Å². The van der Waals surface area contributed by atoms with E-state index < -0.39 is 0 Å². The van der Waals surface area contributed by atoms with Gasteiger partial charge in [0.2, 0.25) is 17.7 Å². The lowest BCUT2D eigenvalue weighted by atomic mass is 10.2. The van der Waals surface area contributed by atoms with Gasteiger partial charge in [-0.05, 0) is 49.2 Å². The number of aromatic nitrogens is 2. The number of imidazole rings is 1. The number of likely N-dealkylation sites (tertiary alicyclic amines) is 1. The average Bonchev–Trinajstić information content (AvgIpc) is 3.38. The third-order valence-electron chi connectivity index (χ3n) is 5.29. The Hall–Kier alpha value is -3.68. The van der Waals surface area contributed by atoms with Crippen LogP contribution in [0.4, 0.5) is 11.4 Å². The number of hydrogen-bond acceptors (Lipinski definition) is 4. The van der Waals surface area contributed by atoms with Gasteiger partial charge in [0.15, 0.2) is 0 Å². The third-order valence-corrected chi connectivity index (χ3v) is 5.29. The minimum Gasteiger partial charge on any atom is -0.342 e. The van der Waals surface area contributed by atoms with Crippen molar-refractivity contribution in [2.45, 2.75) is 32.7 Å². The molecule has 31 heavy (non-hydrogen) atoms. The number of anilines is 2. The van der Waals surface area contributed by atoms with E-state index in [1.54, 1.807) is 24.3 Å². The van der Waals surface area contributed by atoms with Crippen molar-refractivity contribution in [1.82, 2.24) is 14.5 Å². The number of fused-ring (bicyclic) bond motifs is 1. The lowest BCUT2D eigenvalue weighted by Gasteiger charge is -2.16. The van der Waals surface area contributed by atoms with E-state index in [2.05, 4.69) is 15.6 Å². The number of benzene rings is 2. The molecule has 0 unspecified atom stereocenters. The maximum Gasteiger partial charge on any atom is 0.244 e. The number of amides is 3. The molecule has 1 saturated heterocycles. The molecule has 0 atom stereocenters. The highest BCUT2D eigenvalue weighted by Crippen LogP contribution is 2.19. The minimum absolute atomic E-state index is 0.0445. The average molecular weight is 419 g/mol. The van der Waals surface area contributed by atoms with E-state index in [0.717, 1.165) is 37.0 Å². The Morgan fingerprint density at radius 3 is 2.26 bits per heavy atom. The quantitative estimate of drug-likeness (QED) is 0.642. The summed E-state index contributed by atoms with van der Waals surface area (Å²) in [6, 6.07) is 14.5. The molecule has 0 spiro atoms. The van der Waals surface area contributed by atoms with Crippen molar-refractivity contribution >= 4 is 40.1 Å². The van der Waals surface area contributed by atoms with Crippen LogP contribution in [0.25, 0.3) is 11.0 Å². The summed E-state index contributed by atoms with van der Waals surface area (Å²) in [4.78, 5) is 43.0. The number of carbonyl (C=O) groups excluding carboxylic acids is 3. The van der Waals surface area contributed by atoms with Gasteiger partial charge >= 0.3 is 0 Å². The van der Waals surface area contributed by atoms with E-state index >= 15 is 0 Å². The van der Waals surface area contributed by atoms with Crippen LogP contribution >= 0.6 is 0 Å². The van der Waals surface area contributed by atoms with Crippen molar-refractivity contribution in [2.75, 3.05) is 23.7 Å². The molecule has 8 nitrogen and oxygen atoms in total. The summed E-state index contributed by atoms with van der Waals surface area (Å²) in [6.07, 6.45) is 2.24. The molecule has 0 saturated carbocycles. The summed E-state index contributed by atoms with van der Waals surface area (Å²) < 4.78 is 1.81. The molecule has 0 bridgehead atoms. The molecule has 2 heterocycles. The summed E-state index contributed by atoms with van der Waals surface area (Å²) in [5.74, 6) is 0.266. The van der Waals surface area contributed by atoms with Gasteiger partial charge < -0.3 is 20.1 Å². The Morgan fingerprint density at radius 1 is 0.935 bits per heavy atom. The second-order valence-electron chi connectivity index (χ2n) is 7.67. The molecule has 2 aromatic carbocycles. The van der Waals surface area contributed by atoms with Crippen LogP contribution < -0.4 is 10.6 Å². The van der Waals surface area contributed by atoms with E-state index in [1.807, 2.05) is 33.7 Å². The highest BCUT2D eigenvalue weighted by atomic mass is 16.2. The van der Waals surface area contributed by atoms with Gasteiger partial charge in [0, 0.05) is 31.4 Å². The molecular formula is C23H25N5O3. The Bertz CT molecular complexity index is 1110. The number of hydrogen-bond donors (Lipinski definition) is 2. The zero-order chi connectivity index (χ0) is 21.8. The fraction of sp³-hybridized carbons (Fsp3) is 0.304. The van der Waals surface area contributed by atoms with E-state index in [9.17, 15) is 14.4 Å². The van der Waals surface area contributed by atoms with Crippen LogP contribution in [0.15, 0.2) is 48.5 Å². The second-order valence-corrected chi connectivity index (χ2v) is 7.67. The molecular weight excluding hydrogens is 394 g/mol. The molecule has 2 N–H and O–H groups in total. The second kappa shape index (κ2) is 8.99. The van der Waals surface area contributed by atoms with E-state index in [1.165, 1.54) is 6.92 Å². The minimum atomic E-state index is -0.217. The van der Waals surface area contributed by atoms with Crippen LogP contribution in [-0.2, 0) is 27.3 Å². The Kier molecular flexibility index (Phi) is 5.97. The molecule has 3 amide bonds. The first-order chi connectivity index (χ1) is 15.0. The zero-order valence-corrected chi connectivity index (χ0v) is 17.4. The van der Waals surface area contributed by atoms with Crippen molar-refractivity contribution in [3.8, 4) is 0 Å². The lowest BCUT2D eigenvalue weighted by Crippen LogP contribution is -2.30. The summed E-state index contributed by atoms with van der Waals surface area (Å²) >= 11 is 0. The maximum atomic E-state index is 12.8. The molecule has 4 rings (SSSR count). The van der Waals surface area contributed by atoms with Crippen LogP contribution in [0.5, 0.6) is 0 Å². The molecule has 0 aliphatic carbocycles. The normalized spacial score (nSPS) is 13.4. The van der Waals surface area contributed by atoms with E-state index in [4.69, 9.17) is 0 Å². The van der Waals surface area contributed by atoms with Crippen molar-refractivity contribution in [3.05, 3.63) is 54.4 Å². The molecule has 0 radical (unpaired) electrons. The molecule has 1 aromatic heterocycles. The summed E-state index contributed by atoms with van der Waals surface area (Å²) in [7, 11) is 0. The van der Waals surface area contributed by atoms with Gasteiger partial charge in [-0.2, -0.15) is 0 Å². The predicted molar refractivity (Wildman–Crippen MR) is 119 cm³/mol. The topological polar surface area (TPSA) is 96.3 Å². The fourth-order valence-corrected chi connectivity index (χ4v) is 3.83. The first kappa shape index (κ1) is 20.6. The Morgan fingerprint density at radius 2 is 1.58 bits per heavy atom. The van der Waals surface area contributed by atoms with E-state index in [0.29, 0.717) is 17.2 Å². The monoisotopic (exact) mass is 419 g/mol. The lowest BCUT2D eigenvalue weighted by molar-refractivity contribution is -0.129. The first-order valence-corrected chi connectivity index (χ1v) is 10.4. The number of para-hydroxylation sites is 2. The van der Waals surface area contributed by atoms with Crippen LogP contribution in [0.3, 0.4) is 0 Å². The number of nitrogens with zero attached hydrogens (tertiary/aromatic N) is 3. The van der Waals surface area contributed by atoms with Crippen LogP contribution in [0, 0.1) is 0 Å². The van der Waals surface area contributed by atoms with Crippen LogP contribution in [0.2, 0.25) is 0 Å². The molecule has 1 aliphatic rings. The van der Waals surface area contributed by atoms with Crippen molar-refractivity contribution in [2.24, 2.45) is 0 Å². The molecule has 1 aliphatic heterocycles. The largest absolute Gasteiger partial charge is 0.342 e. The highest BCUT2D eigenvalue weighted by Gasteiger charge is 2.22. The van der Waals surface area contributed by atoms with Crippen LogP contribution in [-0.4, -0.2) is 45.3 Å². The SMILES string of the molecule is CC(=O)Nc1ccc(NC(=O)Cn2c(CC(=O)N3CCCC3)nc3ccccc32)cc1. The Labute approximate surface area is 180 Å². The predicted octanol–water partition coefficient (Wildman–Crippen LogP) is 2.80. The smallest absolute Gasteiger partial charge is 0.244 e. The van der Waals surface area contributed by atoms with Crippen LogP contribution in [0.1, 0.15) is 25.6 Å². The molecule has 1 fully saturated rings. The standard InChI is InChI=1S/C23H25N5O3/c1-16(29)24-17-8-10-18(11-9-17)25-22(30)15-28-20-7-3-2-6-19(20)26-21(28)14-23(31)27-12-4-5-13-27/h2-3,6-11H,4-5,12-15H2,1H3,(H,24,29)(H,25,30). The van der Waals surface area contributed by atoms with Gasteiger partial charge in [-0.25, -0.2) is 4.98 Å². The highest BCUT2D eigenvalue weighted by molar-refractivity contribution is 5.93. The molecule has 3 aromatic rings. The van der Waals surface area contributed by atoms with E-state index in [-0.39, 0.29) is 30.7 Å². The van der Waals surface area contributed by atoms with Gasteiger partial charge in [0.25, 0.3) is 0 Å². The number of rotatable bonds is 6. The summed E-state index contributed by atoms with van der Waals surface area (Å²) in [5, 5.41) is 5.56. The van der Waals surface area contributed by atoms with Crippen molar-refractivity contribution in [3.63, 3.8) is 0 Å². The molecule has 160 valence electrons. The summed E-state index contributed by atoms with van der Waals surface area (Å²) in [6.45, 7) is 3.07. The number of nitrogens with one attached hydrogen (secondary N) is 2. The van der Waals surface area contributed by atoms with Gasteiger partial charge in [-0.1, -0.05) is 12.1 Å². The van der Waals surface area contributed by atoms with Crippen molar-refractivity contribution in [1.29, 1.82) is 0 Å². The van der Waals surface area contributed by atoms with Crippen molar-refractivity contribution < 1.29 is 14.4 Å². The third kappa shape index (κ3) is 4.91. The number of carbonyl (C=O) groups is 3. The Balaban J connectivity index is 1.50.